The number of aromatic amines is 1. The van der Waals surface area contributed by atoms with Crippen molar-refractivity contribution in [2.75, 3.05) is 0 Å². The molecule has 2 N–H and O–H groups in total. The van der Waals surface area contributed by atoms with Gasteiger partial charge in [0.05, 0.1) is 0 Å². The van der Waals surface area contributed by atoms with Crippen molar-refractivity contribution in [3.8, 4) is 0 Å². The zero-order chi connectivity index (χ0) is 8.48. The predicted molar refractivity (Wildman–Crippen MR) is 44.8 cm³/mol. The molecular weight excluding hydrogens is 138 g/mol. The zero-order valence-corrected chi connectivity index (χ0v) is 7.18. The summed E-state index contributed by atoms with van der Waals surface area (Å²) in [6, 6.07) is 1.94. The number of aliphatic hydroxyl groups excluding tert-OH is 1. The first-order valence-corrected chi connectivity index (χ1v) is 3.70. The quantitative estimate of drug-likeness (QED) is 0.635. The molecule has 1 heterocycles. The minimum absolute atomic E-state index is 0.151. The molecule has 11 heavy (non-hydrogen) atoms. The van der Waals surface area contributed by atoms with Crippen molar-refractivity contribution < 1.29 is 5.11 Å². The van der Waals surface area contributed by atoms with Crippen LogP contribution in [-0.2, 0) is 5.41 Å². The fourth-order valence-electron chi connectivity index (χ4n) is 0.919. The van der Waals surface area contributed by atoms with Crippen LogP contribution in [0.2, 0.25) is 0 Å². The average Bonchev–Trinajstić information content (AvgIpc) is 2.32. The Morgan fingerprint density at radius 3 is 2.36 bits per heavy atom. The molecule has 1 aromatic rings. The van der Waals surface area contributed by atoms with E-state index in [0.717, 1.165) is 12.3 Å². The summed E-state index contributed by atoms with van der Waals surface area (Å²) >= 11 is 0. The van der Waals surface area contributed by atoms with Crippen LogP contribution in [0.4, 0.5) is 0 Å². The third kappa shape index (κ3) is 1.84. The van der Waals surface area contributed by atoms with E-state index in [2.05, 4.69) is 25.8 Å². The van der Waals surface area contributed by atoms with Gasteiger partial charge in [0.2, 0.25) is 0 Å². The van der Waals surface area contributed by atoms with Gasteiger partial charge >= 0.3 is 0 Å². The Morgan fingerprint density at radius 1 is 1.45 bits per heavy atom. The second-order valence-corrected chi connectivity index (χ2v) is 3.72. The molecule has 1 rings (SSSR count). The van der Waals surface area contributed by atoms with Crippen LogP contribution in [0.25, 0.3) is 0 Å². The second kappa shape index (κ2) is 2.70. The molecule has 0 bridgehead atoms. The minimum atomic E-state index is 0.151. The lowest BCUT2D eigenvalue weighted by atomic mass is 9.89. The fourth-order valence-corrected chi connectivity index (χ4v) is 0.919. The topological polar surface area (TPSA) is 36.0 Å². The lowest BCUT2D eigenvalue weighted by Crippen LogP contribution is -2.09. The van der Waals surface area contributed by atoms with Gasteiger partial charge in [0.25, 0.3) is 0 Å². The molecule has 0 saturated heterocycles. The molecular formula is C9H14NO. The maximum Gasteiger partial charge on any atom is 0.125 e. The first-order valence-electron chi connectivity index (χ1n) is 3.70. The highest BCUT2D eigenvalue weighted by atomic mass is 16.3. The lowest BCUT2D eigenvalue weighted by Gasteiger charge is -2.15. The van der Waals surface area contributed by atoms with Crippen LogP contribution in [0.1, 0.15) is 32.0 Å². The van der Waals surface area contributed by atoms with Crippen LogP contribution < -0.4 is 0 Å². The van der Waals surface area contributed by atoms with E-state index in [-0.39, 0.29) is 5.41 Å². The number of H-pyrrole nitrogens is 1. The maximum atomic E-state index is 8.66. The molecule has 0 saturated carbocycles. The summed E-state index contributed by atoms with van der Waals surface area (Å²) in [6.45, 7) is 7.49. The Kier molecular flexibility index (Phi) is 2.05. The van der Waals surface area contributed by atoms with Gasteiger partial charge in [0.15, 0.2) is 0 Å². The van der Waals surface area contributed by atoms with Gasteiger partial charge < -0.3 is 10.1 Å². The van der Waals surface area contributed by atoms with E-state index in [9.17, 15) is 0 Å². The third-order valence-corrected chi connectivity index (χ3v) is 1.71. The van der Waals surface area contributed by atoms with E-state index in [0.29, 0.717) is 0 Å². The summed E-state index contributed by atoms with van der Waals surface area (Å²) in [5.41, 5.74) is 2.12. The number of hydrogen-bond acceptors (Lipinski definition) is 1. The van der Waals surface area contributed by atoms with Gasteiger partial charge in [0.1, 0.15) is 6.61 Å². The molecule has 0 fully saturated rings. The highest BCUT2D eigenvalue weighted by Crippen LogP contribution is 2.22. The largest absolute Gasteiger partial charge is 0.384 e. The summed E-state index contributed by atoms with van der Waals surface area (Å²) < 4.78 is 0. The molecule has 0 atom stereocenters. The Hall–Kier alpha value is -0.760. The summed E-state index contributed by atoms with van der Waals surface area (Å²) in [5, 5.41) is 8.66. The number of nitrogens with one attached hydrogen (secondary N) is 1. The van der Waals surface area contributed by atoms with Crippen molar-refractivity contribution in [3.05, 3.63) is 30.1 Å². The molecule has 1 radical (unpaired) electrons. The van der Waals surface area contributed by atoms with Gasteiger partial charge in [-0.3, -0.25) is 0 Å². The molecule has 0 aliphatic rings. The first kappa shape index (κ1) is 8.34. The van der Waals surface area contributed by atoms with Crippen molar-refractivity contribution in [3.63, 3.8) is 0 Å². The van der Waals surface area contributed by atoms with Gasteiger partial charge in [-0.2, -0.15) is 0 Å². The van der Waals surface area contributed by atoms with E-state index in [4.69, 9.17) is 5.11 Å². The molecule has 1 aromatic heterocycles. The SMILES string of the molecule is CC(C)(C)c1c[nH]c([CH]O)c1. The van der Waals surface area contributed by atoms with E-state index < -0.39 is 0 Å². The van der Waals surface area contributed by atoms with Crippen molar-refractivity contribution in [2.24, 2.45) is 0 Å². The average molecular weight is 152 g/mol. The van der Waals surface area contributed by atoms with E-state index in [1.54, 1.807) is 0 Å². The van der Waals surface area contributed by atoms with Crippen LogP contribution in [0.15, 0.2) is 12.3 Å². The van der Waals surface area contributed by atoms with E-state index in [1.807, 2.05) is 12.3 Å². The Labute approximate surface area is 67.3 Å². The monoisotopic (exact) mass is 152 g/mol. The molecule has 2 heteroatoms. The van der Waals surface area contributed by atoms with Crippen LogP contribution in [0, 0.1) is 6.61 Å². The molecule has 0 aliphatic carbocycles. The van der Waals surface area contributed by atoms with Crippen LogP contribution >= 0.6 is 0 Å². The van der Waals surface area contributed by atoms with Crippen LogP contribution in [0.5, 0.6) is 0 Å². The third-order valence-electron chi connectivity index (χ3n) is 1.71. The van der Waals surface area contributed by atoms with Crippen molar-refractivity contribution in [1.82, 2.24) is 4.98 Å². The standard InChI is InChI=1S/C9H14NO/c1-9(2,3)7-4-8(6-11)10-5-7/h4-6,10-11H,1-3H3. The zero-order valence-electron chi connectivity index (χ0n) is 7.18. The summed E-state index contributed by atoms with van der Waals surface area (Å²) in [7, 11) is 0. The highest BCUT2D eigenvalue weighted by Gasteiger charge is 2.14. The van der Waals surface area contributed by atoms with Gasteiger partial charge in [-0.1, -0.05) is 20.8 Å². The summed E-state index contributed by atoms with van der Waals surface area (Å²) in [5.74, 6) is 0. The lowest BCUT2D eigenvalue weighted by molar-refractivity contribution is 0.411. The smallest absolute Gasteiger partial charge is 0.125 e. The first-order chi connectivity index (χ1) is 5.04. The van der Waals surface area contributed by atoms with Gasteiger partial charge in [-0.15, -0.1) is 0 Å². The summed E-state index contributed by atoms with van der Waals surface area (Å²) in [4.78, 5) is 2.96. The molecule has 0 unspecified atom stereocenters. The van der Waals surface area contributed by atoms with Crippen LogP contribution in [0.3, 0.4) is 0 Å². The van der Waals surface area contributed by atoms with Crippen molar-refractivity contribution in [1.29, 1.82) is 0 Å². The van der Waals surface area contributed by atoms with Gasteiger partial charge in [-0.05, 0) is 17.0 Å². The number of hydrogen-bond donors (Lipinski definition) is 2. The molecule has 61 valence electrons. The molecule has 2 nitrogen and oxygen atoms in total. The molecule has 0 spiro atoms. The van der Waals surface area contributed by atoms with Crippen molar-refractivity contribution >= 4 is 0 Å². The highest BCUT2D eigenvalue weighted by molar-refractivity contribution is 5.25. The maximum absolute atomic E-state index is 8.66. The van der Waals surface area contributed by atoms with E-state index in [1.165, 1.54) is 5.56 Å². The van der Waals surface area contributed by atoms with Crippen molar-refractivity contribution in [2.45, 2.75) is 26.2 Å². The molecule has 0 amide bonds. The Bertz CT molecular complexity index is 232. The van der Waals surface area contributed by atoms with Crippen LogP contribution in [-0.4, -0.2) is 10.1 Å². The predicted octanol–water partition coefficient (Wildman–Crippen LogP) is 2.19. The minimum Gasteiger partial charge on any atom is -0.384 e. The number of aliphatic hydroxyl groups is 1. The molecule has 0 aromatic carbocycles. The second-order valence-electron chi connectivity index (χ2n) is 3.72. The number of rotatable bonds is 1. The Balaban J connectivity index is 2.89. The van der Waals surface area contributed by atoms with E-state index >= 15 is 0 Å². The van der Waals surface area contributed by atoms with Gasteiger partial charge in [-0.25, -0.2) is 0 Å². The number of aromatic nitrogens is 1. The normalized spacial score (nSPS) is 12.0. The molecule has 0 aliphatic heterocycles. The Morgan fingerprint density at radius 2 is 2.09 bits per heavy atom. The summed E-state index contributed by atoms with van der Waals surface area (Å²) in [6.07, 6.45) is 1.92. The fraction of sp³-hybridized carbons (Fsp3) is 0.444. The van der Waals surface area contributed by atoms with Gasteiger partial charge in [0, 0.05) is 11.9 Å².